The van der Waals surface area contributed by atoms with E-state index in [9.17, 15) is 0 Å². The van der Waals surface area contributed by atoms with Gasteiger partial charge in [-0.3, -0.25) is 0 Å². The second-order valence-electron chi connectivity index (χ2n) is 3.21. The summed E-state index contributed by atoms with van der Waals surface area (Å²) < 4.78 is 0. The number of hydrogen-bond donors (Lipinski definition) is 1. The summed E-state index contributed by atoms with van der Waals surface area (Å²) in [6.45, 7) is 5.46. The average molecular weight is 127 g/mol. The summed E-state index contributed by atoms with van der Waals surface area (Å²) >= 11 is 0. The van der Waals surface area contributed by atoms with E-state index in [1.807, 2.05) is 0 Å². The number of rotatable bonds is 3. The maximum Gasteiger partial charge on any atom is -0.00433 e. The van der Waals surface area contributed by atoms with Crippen LogP contribution in [0.2, 0.25) is 0 Å². The van der Waals surface area contributed by atoms with E-state index in [-0.39, 0.29) is 0 Å². The Morgan fingerprint density at radius 2 is 2.00 bits per heavy atom. The highest BCUT2D eigenvalue weighted by atomic mass is 14.7. The monoisotopic (exact) mass is 127 g/mol. The lowest BCUT2D eigenvalue weighted by molar-refractivity contribution is 0.424. The van der Waals surface area contributed by atoms with Crippen molar-refractivity contribution >= 4 is 0 Å². The molecule has 0 aromatic heterocycles. The van der Waals surface area contributed by atoms with Crippen LogP contribution in [-0.4, -0.2) is 6.54 Å². The van der Waals surface area contributed by atoms with Crippen LogP contribution in [0, 0.1) is 11.3 Å². The highest BCUT2D eigenvalue weighted by molar-refractivity contribution is 5.00. The van der Waals surface area contributed by atoms with Crippen molar-refractivity contribution in [2.45, 2.75) is 33.1 Å². The van der Waals surface area contributed by atoms with Crippen LogP contribution in [0.1, 0.15) is 33.1 Å². The first-order valence-corrected chi connectivity index (χ1v) is 3.99. The van der Waals surface area contributed by atoms with Crippen LogP contribution >= 0.6 is 0 Å². The van der Waals surface area contributed by atoms with Gasteiger partial charge in [-0.1, -0.05) is 26.7 Å². The molecule has 1 saturated carbocycles. The Balaban J connectivity index is 2.37. The summed E-state index contributed by atoms with van der Waals surface area (Å²) in [6.07, 6.45) is 4.03. The molecule has 1 aliphatic carbocycles. The molecule has 1 aliphatic rings. The van der Waals surface area contributed by atoms with Gasteiger partial charge in [0.25, 0.3) is 0 Å². The molecule has 1 nitrogen and oxygen atoms in total. The van der Waals surface area contributed by atoms with Crippen LogP contribution in [0.15, 0.2) is 0 Å². The van der Waals surface area contributed by atoms with Gasteiger partial charge < -0.3 is 5.73 Å². The smallest absolute Gasteiger partial charge is 0.00433 e. The quantitative estimate of drug-likeness (QED) is 0.614. The number of nitrogens with two attached hydrogens (primary N) is 1. The standard InChI is InChI=1S/C8H17N/c1-3-8(4-2)5-7(8)6-9/h7H,3-6,9H2,1-2H3/t7-/m0/s1. The molecule has 0 spiro atoms. The molecular weight excluding hydrogens is 110 g/mol. The van der Waals surface area contributed by atoms with Gasteiger partial charge in [-0.2, -0.15) is 0 Å². The lowest BCUT2D eigenvalue weighted by Crippen LogP contribution is -2.09. The predicted octanol–water partition coefficient (Wildman–Crippen LogP) is 1.77. The SMILES string of the molecule is CCC1(CC)C[C@H]1CN. The zero-order valence-electron chi connectivity index (χ0n) is 6.48. The van der Waals surface area contributed by atoms with Gasteiger partial charge in [0.15, 0.2) is 0 Å². The van der Waals surface area contributed by atoms with Gasteiger partial charge in [0.2, 0.25) is 0 Å². The maximum absolute atomic E-state index is 5.56. The Hall–Kier alpha value is -0.0400. The molecular formula is C8H17N. The first-order chi connectivity index (χ1) is 4.29. The lowest BCUT2D eigenvalue weighted by atomic mass is 9.97. The van der Waals surface area contributed by atoms with Crippen molar-refractivity contribution in [2.75, 3.05) is 6.54 Å². The van der Waals surface area contributed by atoms with Crippen molar-refractivity contribution in [1.82, 2.24) is 0 Å². The third-order valence-electron chi connectivity index (χ3n) is 3.05. The topological polar surface area (TPSA) is 26.0 Å². The van der Waals surface area contributed by atoms with Gasteiger partial charge in [0.05, 0.1) is 0 Å². The molecule has 1 rings (SSSR count). The van der Waals surface area contributed by atoms with Gasteiger partial charge in [-0.05, 0) is 24.3 Å². The second-order valence-corrected chi connectivity index (χ2v) is 3.21. The van der Waals surface area contributed by atoms with E-state index in [1.54, 1.807) is 0 Å². The Labute approximate surface area is 57.6 Å². The number of hydrogen-bond acceptors (Lipinski definition) is 1. The minimum absolute atomic E-state index is 0.675. The van der Waals surface area contributed by atoms with Crippen LogP contribution in [0.5, 0.6) is 0 Å². The maximum atomic E-state index is 5.56. The zero-order valence-corrected chi connectivity index (χ0v) is 6.48. The normalized spacial score (nSPS) is 30.3. The predicted molar refractivity (Wildman–Crippen MR) is 40.2 cm³/mol. The lowest BCUT2D eigenvalue weighted by Gasteiger charge is -2.09. The molecule has 9 heavy (non-hydrogen) atoms. The van der Waals surface area contributed by atoms with E-state index in [0.29, 0.717) is 5.41 Å². The van der Waals surface area contributed by atoms with Gasteiger partial charge in [0.1, 0.15) is 0 Å². The zero-order chi connectivity index (χ0) is 6.91. The van der Waals surface area contributed by atoms with E-state index in [2.05, 4.69) is 13.8 Å². The largest absolute Gasteiger partial charge is 0.330 e. The van der Waals surface area contributed by atoms with Crippen LogP contribution < -0.4 is 5.73 Å². The molecule has 1 fully saturated rings. The van der Waals surface area contributed by atoms with Crippen molar-refractivity contribution in [3.05, 3.63) is 0 Å². The molecule has 0 bridgehead atoms. The third kappa shape index (κ3) is 0.983. The van der Waals surface area contributed by atoms with Crippen molar-refractivity contribution in [2.24, 2.45) is 17.1 Å². The summed E-state index contributed by atoms with van der Waals surface area (Å²) in [5, 5.41) is 0. The fraction of sp³-hybridized carbons (Fsp3) is 1.00. The average Bonchev–Trinajstić information content (AvgIpc) is 2.63. The second kappa shape index (κ2) is 2.30. The van der Waals surface area contributed by atoms with Gasteiger partial charge in [-0.25, -0.2) is 0 Å². The minimum atomic E-state index is 0.675. The summed E-state index contributed by atoms with van der Waals surface area (Å²) in [5.41, 5.74) is 6.24. The summed E-state index contributed by atoms with van der Waals surface area (Å²) in [5.74, 6) is 0.854. The molecule has 0 aromatic carbocycles. The highest BCUT2D eigenvalue weighted by Gasteiger charge is 2.49. The Bertz CT molecular complexity index is 94.7. The molecule has 54 valence electrons. The Morgan fingerprint density at radius 1 is 1.44 bits per heavy atom. The summed E-state index contributed by atoms with van der Waals surface area (Å²) in [7, 11) is 0. The van der Waals surface area contributed by atoms with Crippen molar-refractivity contribution in [3.8, 4) is 0 Å². The van der Waals surface area contributed by atoms with Crippen LogP contribution in [0.4, 0.5) is 0 Å². The first kappa shape index (κ1) is 7.07. The van der Waals surface area contributed by atoms with Gasteiger partial charge in [0, 0.05) is 0 Å². The molecule has 0 radical (unpaired) electrons. The summed E-state index contributed by atoms with van der Waals surface area (Å²) in [6, 6.07) is 0. The molecule has 0 saturated heterocycles. The van der Waals surface area contributed by atoms with E-state index >= 15 is 0 Å². The van der Waals surface area contributed by atoms with E-state index in [4.69, 9.17) is 5.73 Å². The minimum Gasteiger partial charge on any atom is -0.330 e. The molecule has 0 aromatic rings. The van der Waals surface area contributed by atoms with Gasteiger partial charge >= 0.3 is 0 Å². The van der Waals surface area contributed by atoms with E-state index in [1.165, 1.54) is 19.3 Å². The molecule has 0 heterocycles. The molecule has 1 heteroatoms. The highest BCUT2D eigenvalue weighted by Crippen LogP contribution is 2.56. The molecule has 2 N–H and O–H groups in total. The molecule has 0 amide bonds. The fourth-order valence-electron chi connectivity index (χ4n) is 1.88. The van der Waals surface area contributed by atoms with Crippen LogP contribution in [-0.2, 0) is 0 Å². The van der Waals surface area contributed by atoms with Crippen molar-refractivity contribution in [3.63, 3.8) is 0 Å². The van der Waals surface area contributed by atoms with Crippen molar-refractivity contribution in [1.29, 1.82) is 0 Å². The third-order valence-corrected chi connectivity index (χ3v) is 3.05. The Kier molecular flexibility index (Phi) is 1.80. The van der Waals surface area contributed by atoms with E-state index < -0.39 is 0 Å². The van der Waals surface area contributed by atoms with Crippen LogP contribution in [0.25, 0.3) is 0 Å². The fourth-order valence-corrected chi connectivity index (χ4v) is 1.88. The van der Waals surface area contributed by atoms with Crippen LogP contribution in [0.3, 0.4) is 0 Å². The van der Waals surface area contributed by atoms with E-state index in [0.717, 1.165) is 12.5 Å². The first-order valence-electron chi connectivity index (χ1n) is 3.99. The molecule has 0 aliphatic heterocycles. The van der Waals surface area contributed by atoms with Gasteiger partial charge in [-0.15, -0.1) is 0 Å². The van der Waals surface area contributed by atoms with Crippen molar-refractivity contribution < 1.29 is 0 Å². The Morgan fingerprint density at radius 3 is 2.11 bits per heavy atom. The summed E-state index contributed by atoms with van der Waals surface area (Å²) in [4.78, 5) is 0. The molecule has 0 unspecified atom stereocenters. The molecule has 1 atom stereocenters.